The summed E-state index contributed by atoms with van der Waals surface area (Å²) in [4.78, 5) is 20.9. The fraction of sp³-hybridized carbons (Fsp3) is 0.222. The molecule has 4 rings (SSSR count). The van der Waals surface area contributed by atoms with Gasteiger partial charge in [0.2, 0.25) is 11.8 Å². The van der Waals surface area contributed by atoms with Crippen molar-refractivity contribution >= 4 is 5.91 Å². The van der Waals surface area contributed by atoms with Crippen molar-refractivity contribution in [2.45, 2.75) is 33.2 Å². The standard InChI is InChI=1S/C27H27N3O4/c1-3-32-22-8-10-23(11-9-22)33-27-16-20(14-15-28-27)17-29-25(31)12-13-26-30-18-24(34-26)21-6-4-19(2)5-7-21/h4-11,14-16,18H,3,12-13,17H2,1-2H3,(H,29,31). The quantitative estimate of drug-likeness (QED) is 0.339. The number of nitrogens with one attached hydrogen (secondary N) is 1. The minimum absolute atomic E-state index is 0.0825. The second kappa shape index (κ2) is 11.1. The first-order valence-corrected chi connectivity index (χ1v) is 11.2. The Morgan fingerprint density at radius 1 is 1.00 bits per heavy atom. The van der Waals surface area contributed by atoms with Gasteiger partial charge in [0.05, 0.1) is 12.8 Å². The number of hydrogen-bond donors (Lipinski definition) is 1. The minimum Gasteiger partial charge on any atom is -0.494 e. The predicted octanol–water partition coefficient (Wildman–Crippen LogP) is 5.49. The molecular formula is C27H27N3O4. The van der Waals surface area contributed by atoms with Gasteiger partial charge in [-0.3, -0.25) is 4.79 Å². The number of carbonyl (C=O) groups is 1. The summed E-state index contributed by atoms with van der Waals surface area (Å²) in [6.45, 7) is 4.97. The third kappa shape index (κ3) is 6.45. The topological polar surface area (TPSA) is 86.5 Å². The molecule has 0 saturated heterocycles. The number of oxazole rings is 1. The van der Waals surface area contributed by atoms with E-state index >= 15 is 0 Å². The first-order valence-electron chi connectivity index (χ1n) is 11.2. The lowest BCUT2D eigenvalue weighted by atomic mass is 10.1. The van der Waals surface area contributed by atoms with Gasteiger partial charge in [0.15, 0.2) is 11.7 Å². The summed E-state index contributed by atoms with van der Waals surface area (Å²) in [5.41, 5.74) is 3.04. The van der Waals surface area contributed by atoms with E-state index in [9.17, 15) is 4.79 Å². The van der Waals surface area contributed by atoms with Gasteiger partial charge in [-0.25, -0.2) is 9.97 Å². The van der Waals surface area contributed by atoms with E-state index in [0.717, 1.165) is 16.9 Å². The molecule has 7 nitrogen and oxygen atoms in total. The van der Waals surface area contributed by atoms with E-state index in [0.29, 0.717) is 42.9 Å². The Labute approximate surface area is 198 Å². The SMILES string of the molecule is CCOc1ccc(Oc2cc(CNC(=O)CCc3ncc(-c4ccc(C)cc4)o3)ccn2)cc1. The normalized spacial score (nSPS) is 10.6. The number of aromatic nitrogens is 2. The molecule has 1 N–H and O–H groups in total. The molecule has 1 amide bonds. The van der Waals surface area contributed by atoms with Crippen molar-refractivity contribution in [2.24, 2.45) is 0 Å². The first-order chi connectivity index (χ1) is 16.6. The van der Waals surface area contributed by atoms with Gasteiger partial charge in [0, 0.05) is 37.2 Å². The van der Waals surface area contributed by atoms with Gasteiger partial charge in [0.25, 0.3) is 0 Å². The lowest BCUT2D eigenvalue weighted by Crippen LogP contribution is -2.23. The molecular weight excluding hydrogens is 430 g/mol. The van der Waals surface area contributed by atoms with Crippen LogP contribution in [0.4, 0.5) is 0 Å². The molecule has 7 heteroatoms. The molecule has 0 radical (unpaired) electrons. The molecule has 0 spiro atoms. The van der Waals surface area contributed by atoms with Crippen LogP contribution in [0, 0.1) is 6.92 Å². The van der Waals surface area contributed by atoms with E-state index in [4.69, 9.17) is 13.9 Å². The number of carbonyl (C=O) groups excluding carboxylic acids is 1. The predicted molar refractivity (Wildman–Crippen MR) is 129 cm³/mol. The number of benzene rings is 2. The van der Waals surface area contributed by atoms with Crippen LogP contribution in [0.5, 0.6) is 17.4 Å². The van der Waals surface area contributed by atoms with E-state index < -0.39 is 0 Å². The highest BCUT2D eigenvalue weighted by Crippen LogP contribution is 2.23. The molecule has 34 heavy (non-hydrogen) atoms. The Bertz CT molecular complexity index is 1220. The number of nitrogens with zero attached hydrogens (tertiary/aromatic N) is 2. The summed E-state index contributed by atoms with van der Waals surface area (Å²) in [6, 6.07) is 19.0. The summed E-state index contributed by atoms with van der Waals surface area (Å²) < 4.78 is 17.0. The van der Waals surface area contributed by atoms with E-state index in [2.05, 4.69) is 15.3 Å². The first kappa shape index (κ1) is 23.0. The molecule has 2 aromatic heterocycles. The average molecular weight is 458 g/mol. The van der Waals surface area contributed by atoms with Gasteiger partial charge in [-0.15, -0.1) is 0 Å². The van der Waals surface area contributed by atoms with Crippen molar-refractivity contribution in [3.05, 3.63) is 90.1 Å². The average Bonchev–Trinajstić information content (AvgIpc) is 3.33. The zero-order valence-electron chi connectivity index (χ0n) is 19.3. The van der Waals surface area contributed by atoms with Crippen molar-refractivity contribution in [2.75, 3.05) is 6.61 Å². The lowest BCUT2D eigenvalue weighted by molar-refractivity contribution is -0.121. The Hall–Kier alpha value is -4.13. The van der Waals surface area contributed by atoms with Crippen molar-refractivity contribution in [3.63, 3.8) is 0 Å². The molecule has 0 aliphatic carbocycles. The molecule has 0 saturated carbocycles. The molecule has 2 aromatic carbocycles. The molecule has 0 atom stereocenters. The van der Waals surface area contributed by atoms with Gasteiger partial charge in [-0.05, 0) is 49.7 Å². The van der Waals surface area contributed by atoms with Crippen molar-refractivity contribution in [1.29, 1.82) is 0 Å². The smallest absolute Gasteiger partial charge is 0.220 e. The number of ether oxygens (including phenoxy) is 2. The Balaban J connectivity index is 1.25. The zero-order chi connectivity index (χ0) is 23.8. The highest BCUT2D eigenvalue weighted by atomic mass is 16.5. The van der Waals surface area contributed by atoms with Crippen LogP contribution in [0.25, 0.3) is 11.3 Å². The minimum atomic E-state index is -0.0825. The van der Waals surface area contributed by atoms with Crippen LogP contribution in [0.3, 0.4) is 0 Å². The summed E-state index contributed by atoms with van der Waals surface area (Å²) in [5, 5.41) is 2.92. The van der Waals surface area contributed by atoms with Crippen LogP contribution in [0.15, 0.2) is 77.5 Å². The highest BCUT2D eigenvalue weighted by molar-refractivity contribution is 5.76. The maximum Gasteiger partial charge on any atom is 0.220 e. The second-order valence-corrected chi connectivity index (χ2v) is 7.77. The summed E-state index contributed by atoms with van der Waals surface area (Å²) >= 11 is 0. The Kier molecular flexibility index (Phi) is 7.55. The number of hydrogen-bond acceptors (Lipinski definition) is 6. The zero-order valence-corrected chi connectivity index (χ0v) is 19.3. The summed E-state index contributed by atoms with van der Waals surface area (Å²) in [5.74, 6) is 3.07. The maximum absolute atomic E-state index is 12.3. The maximum atomic E-state index is 12.3. The third-order valence-corrected chi connectivity index (χ3v) is 5.10. The number of pyridine rings is 1. The fourth-order valence-corrected chi connectivity index (χ4v) is 3.29. The molecule has 2 heterocycles. The molecule has 4 aromatic rings. The van der Waals surface area contributed by atoms with E-state index in [1.54, 1.807) is 18.5 Å². The van der Waals surface area contributed by atoms with Crippen molar-refractivity contribution in [3.8, 4) is 28.7 Å². The van der Waals surface area contributed by atoms with Gasteiger partial charge >= 0.3 is 0 Å². The highest BCUT2D eigenvalue weighted by Gasteiger charge is 2.10. The van der Waals surface area contributed by atoms with E-state index in [-0.39, 0.29) is 12.3 Å². The summed E-state index contributed by atoms with van der Waals surface area (Å²) in [7, 11) is 0. The van der Waals surface area contributed by atoms with E-state index in [1.807, 2.05) is 68.4 Å². The second-order valence-electron chi connectivity index (χ2n) is 7.77. The van der Waals surface area contributed by atoms with Gasteiger partial charge in [-0.1, -0.05) is 29.8 Å². The van der Waals surface area contributed by atoms with Crippen LogP contribution < -0.4 is 14.8 Å². The van der Waals surface area contributed by atoms with Crippen LogP contribution in [-0.4, -0.2) is 22.5 Å². The number of aryl methyl sites for hydroxylation is 2. The Morgan fingerprint density at radius 2 is 1.76 bits per heavy atom. The lowest BCUT2D eigenvalue weighted by Gasteiger charge is -2.09. The van der Waals surface area contributed by atoms with Gasteiger partial charge in [-0.2, -0.15) is 0 Å². The van der Waals surface area contributed by atoms with Crippen LogP contribution in [-0.2, 0) is 17.8 Å². The monoisotopic (exact) mass is 457 g/mol. The molecule has 0 unspecified atom stereocenters. The van der Waals surface area contributed by atoms with Crippen LogP contribution in [0.2, 0.25) is 0 Å². The van der Waals surface area contributed by atoms with Crippen molar-refractivity contribution in [1.82, 2.24) is 15.3 Å². The van der Waals surface area contributed by atoms with E-state index in [1.165, 1.54) is 5.56 Å². The molecule has 0 aliphatic heterocycles. The molecule has 0 bridgehead atoms. The molecule has 0 aliphatic rings. The number of rotatable bonds is 10. The van der Waals surface area contributed by atoms with Crippen LogP contribution >= 0.6 is 0 Å². The van der Waals surface area contributed by atoms with Gasteiger partial charge in [0.1, 0.15) is 11.5 Å². The molecule has 174 valence electrons. The van der Waals surface area contributed by atoms with Gasteiger partial charge < -0.3 is 19.2 Å². The fourth-order valence-electron chi connectivity index (χ4n) is 3.29. The largest absolute Gasteiger partial charge is 0.494 e. The van der Waals surface area contributed by atoms with Crippen molar-refractivity contribution < 1.29 is 18.7 Å². The van der Waals surface area contributed by atoms with Crippen LogP contribution in [0.1, 0.15) is 30.4 Å². The number of amides is 1. The Morgan fingerprint density at radius 3 is 2.53 bits per heavy atom. The molecule has 0 fully saturated rings. The third-order valence-electron chi connectivity index (χ3n) is 5.10. The summed E-state index contributed by atoms with van der Waals surface area (Å²) in [6.07, 6.45) is 4.07.